The Hall–Kier alpha value is -1.59. The van der Waals surface area contributed by atoms with Crippen LogP contribution in [0.25, 0.3) is 0 Å². The van der Waals surface area contributed by atoms with Crippen LogP contribution in [-0.2, 0) is 4.79 Å². The van der Waals surface area contributed by atoms with Crippen LogP contribution in [0.1, 0.15) is 30.0 Å². The Morgan fingerprint density at radius 2 is 2.09 bits per heavy atom. The summed E-state index contributed by atoms with van der Waals surface area (Å²) in [5, 5.41) is 9.65. The molecule has 2 rings (SSSR count). The van der Waals surface area contributed by atoms with Gasteiger partial charge < -0.3 is 14.7 Å². The summed E-state index contributed by atoms with van der Waals surface area (Å²) < 4.78 is 5.20. The van der Waals surface area contributed by atoms with Crippen molar-refractivity contribution in [2.24, 2.45) is 0 Å². The Balaban J connectivity index is 2.09. The van der Waals surface area contributed by atoms with Crippen LogP contribution >= 0.6 is 0 Å². The number of aliphatic carboxylic acids is 1. The number of hydrogen-bond donors (Lipinski definition) is 1. The minimum Gasteiger partial charge on any atom is -0.497 e. The van der Waals surface area contributed by atoms with Crippen molar-refractivity contribution < 1.29 is 14.6 Å². The van der Waals surface area contributed by atoms with Gasteiger partial charge in [-0.1, -0.05) is 6.07 Å². The van der Waals surface area contributed by atoms with E-state index >= 15 is 0 Å². The summed E-state index contributed by atoms with van der Waals surface area (Å²) in [6.45, 7) is 5.88. The largest absolute Gasteiger partial charge is 0.497 e. The standard InChI is InChI=1S/C17H26N2O3/c1-13-12-14(22-3)6-7-15(13)16(17(20)21)18(2)10-11-19-8-4-5-9-19/h6-7,12,16H,4-5,8-11H2,1-3H3,(H,20,21)/t16-/m1/s1. The van der Waals surface area contributed by atoms with Gasteiger partial charge in [0.1, 0.15) is 11.8 Å². The molecule has 5 nitrogen and oxygen atoms in total. The Labute approximate surface area is 132 Å². The van der Waals surface area contributed by atoms with E-state index in [-0.39, 0.29) is 0 Å². The molecule has 0 unspecified atom stereocenters. The second-order valence-electron chi connectivity index (χ2n) is 5.99. The lowest BCUT2D eigenvalue weighted by molar-refractivity contribution is -0.143. The molecule has 0 saturated carbocycles. The molecule has 1 aromatic rings. The zero-order valence-corrected chi connectivity index (χ0v) is 13.7. The fourth-order valence-corrected chi connectivity index (χ4v) is 3.08. The summed E-state index contributed by atoms with van der Waals surface area (Å²) in [6, 6.07) is 4.96. The third-order valence-electron chi connectivity index (χ3n) is 4.41. The van der Waals surface area contributed by atoms with Crippen molar-refractivity contribution in [3.8, 4) is 5.75 Å². The van der Waals surface area contributed by atoms with E-state index in [2.05, 4.69) is 4.90 Å². The Kier molecular flexibility index (Phi) is 5.80. The number of ether oxygens (including phenoxy) is 1. The van der Waals surface area contributed by atoms with Gasteiger partial charge in [-0.05, 0) is 63.2 Å². The van der Waals surface area contributed by atoms with Gasteiger partial charge in [0.15, 0.2) is 0 Å². The zero-order valence-electron chi connectivity index (χ0n) is 13.7. The number of likely N-dealkylation sites (tertiary alicyclic amines) is 1. The number of benzene rings is 1. The number of nitrogens with zero attached hydrogens (tertiary/aromatic N) is 2. The number of likely N-dealkylation sites (N-methyl/N-ethyl adjacent to an activating group) is 1. The number of methoxy groups -OCH3 is 1. The van der Waals surface area contributed by atoms with Gasteiger partial charge in [0.2, 0.25) is 0 Å². The predicted molar refractivity (Wildman–Crippen MR) is 86.4 cm³/mol. The van der Waals surface area contributed by atoms with Crippen LogP contribution < -0.4 is 4.74 Å². The van der Waals surface area contributed by atoms with Gasteiger partial charge in [0, 0.05) is 13.1 Å². The van der Waals surface area contributed by atoms with E-state index < -0.39 is 12.0 Å². The monoisotopic (exact) mass is 306 g/mol. The molecule has 0 spiro atoms. The Morgan fingerprint density at radius 1 is 1.41 bits per heavy atom. The van der Waals surface area contributed by atoms with Crippen LogP contribution in [0.4, 0.5) is 0 Å². The first-order chi connectivity index (χ1) is 10.5. The lowest BCUT2D eigenvalue weighted by atomic mass is 10.00. The second kappa shape index (κ2) is 7.61. The van der Waals surface area contributed by atoms with Crippen molar-refractivity contribution in [2.45, 2.75) is 25.8 Å². The fraction of sp³-hybridized carbons (Fsp3) is 0.588. The van der Waals surface area contributed by atoms with E-state index in [1.54, 1.807) is 7.11 Å². The third kappa shape index (κ3) is 3.99. The molecule has 0 bridgehead atoms. The normalized spacial score (nSPS) is 16.9. The average molecular weight is 306 g/mol. The van der Waals surface area contributed by atoms with E-state index in [0.29, 0.717) is 0 Å². The van der Waals surface area contributed by atoms with Gasteiger partial charge in [0.25, 0.3) is 0 Å². The molecule has 0 amide bonds. The number of carbonyl (C=O) groups is 1. The molecular formula is C17H26N2O3. The molecule has 1 aromatic carbocycles. The molecule has 1 N–H and O–H groups in total. The van der Waals surface area contributed by atoms with Crippen LogP contribution in [-0.4, -0.2) is 61.2 Å². The first-order valence-corrected chi connectivity index (χ1v) is 7.83. The molecule has 0 radical (unpaired) electrons. The van der Waals surface area contributed by atoms with Crippen LogP contribution in [0.3, 0.4) is 0 Å². The molecule has 1 fully saturated rings. The van der Waals surface area contributed by atoms with Crippen LogP contribution in [0.2, 0.25) is 0 Å². The molecule has 0 aliphatic carbocycles. The smallest absolute Gasteiger partial charge is 0.325 e. The SMILES string of the molecule is COc1ccc([C@H](C(=O)O)N(C)CCN2CCCC2)c(C)c1. The van der Waals surface area contributed by atoms with E-state index in [1.807, 2.05) is 37.1 Å². The highest BCUT2D eigenvalue weighted by molar-refractivity contribution is 5.76. The summed E-state index contributed by atoms with van der Waals surface area (Å²) in [7, 11) is 3.50. The molecule has 0 aromatic heterocycles. The minimum atomic E-state index is -0.808. The number of rotatable bonds is 7. The number of aryl methyl sites for hydroxylation is 1. The molecule has 122 valence electrons. The van der Waals surface area contributed by atoms with E-state index in [0.717, 1.165) is 43.1 Å². The zero-order chi connectivity index (χ0) is 16.1. The maximum Gasteiger partial charge on any atom is 0.325 e. The van der Waals surface area contributed by atoms with Gasteiger partial charge in [-0.15, -0.1) is 0 Å². The number of carboxylic acid groups (broad SMARTS) is 1. The Bertz CT molecular complexity index is 513. The van der Waals surface area contributed by atoms with E-state index in [9.17, 15) is 9.90 Å². The van der Waals surface area contributed by atoms with E-state index in [4.69, 9.17) is 4.74 Å². The lowest BCUT2D eigenvalue weighted by Crippen LogP contribution is -2.37. The van der Waals surface area contributed by atoms with Crippen molar-refractivity contribution in [1.29, 1.82) is 0 Å². The summed E-state index contributed by atoms with van der Waals surface area (Å²) in [5.74, 6) is -0.0534. The van der Waals surface area contributed by atoms with Crippen LogP contribution in [0.15, 0.2) is 18.2 Å². The van der Waals surface area contributed by atoms with Crippen molar-refractivity contribution >= 4 is 5.97 Å². The van der Waals surface area contributed by atoms with Crippen molar-refractivity contribution in [3.05, 3.63) is 29.3 Å². The van der Waals surface area contributed by atoms with E-state index in [1.165, 1.54) is 12.8 Å². The highest BCUT2D eigenvalue weighted by Gasteiger charge is 2.26. The lowest BCUT2D eigenvalue weighted by Gasteiger charge is -2.28. The molecule has 1 heterocycles. The molecule has 1 aliphatic rings. The maximum absolute atomic E-state index is 11.8. The quantitative estimate of drug-likeness (QED) is 0.836. The van der Waals surface area contributed by atoms with Crippen molar-refractivity contribution in [3.63, 3.8) is 0 Å². The topological polar surface area (TPSA) is 53.0 Å². The second-order valence-corrected chi connectivity index (χ2v) is 5.99. The van der Waals surface area contributed by atoms with Crippen molar-refractivity contribution in [2.75, 3.05) is 40.3 Å². The van der Waals surface area contributed by atoms with Crippen LogP contribution in [0.5, 0.6) is 5.75 Å². The first-order valence-electron chi connectivity index (χ1n) is 7.83. The van der Waals surface area contributed by atoms with Gasteiger partial charge in [-0.25, -0.2) is 0 Å². The molecule has 1 atom stereocenters. The van der Waals surface area contributed by atoms with Gasteiger partial charge in [0.05, 0.1) is 7.11 Å². The highest BCUT2D eigenvalue weighted by atomic mass is 16.5. The summed E-state index contributed by atoms with van der Waals surface area (Å²) in [4.78, 5) is 16.1. The summed E-state index contributed by atoms with van der Waals surface area (Å²) in [6.07, 6.45) is 2.51. The Morgan fingerprint density at radius 3 is 2.64 bits per heavy atom. The highest BCUT2D eigenvalue weighted by Crippen LogP contribution is 2.26. The summed E-state index contributed by atoms with van der Waals surface area (Å²) in [5.41, 5.74) is 1.77. The molecule has 1 saturated heterocycles. The van der Waals surface area contributed by atoms with Crippen LogP contribution in [0, 0.1) is 6.92 Å². The molecule has 22 heavy (non-hydrogen) atoms. The van der Waals surface area contributed by atoms with Gasteiger partial charge >= 0.3 is 5.97 Å². The molecule has 5 heteroatoms. The molecule has 1 aliphatic heterocycles. The fourth-order valence-electron chi connectivity index (χ4n) is 3.08. The maximum atomic E-state index is 11.8. The van der Waals surface area contributed by atoms with Gasteiger partial charge in [-0.2, -0.15) is 0 Å². The molecular weight excluding hydrogens is 280 g/mol. The average Bonchev–Trinajstić information content (AvgIpc) is 3.00. The first kappa shape index (κ1) is 16.8. The van der Waals surface area contributed by atoms with Gasteiger partial charge in [-0.3, -0.25) is 9.69 Å². The number of hydrogen-bond acceptors (Lipinski definition) is 4. The predicted octanol–water partition coefficient (Wildman–Crippen LogP) is 2.16. The van der Waals surface area contributed by atoms with Crippen molar-refractivity contribution in [1.82, 2.24) is 9.80 Å². The number of carboxylic acids is 1. The minimum absolute atomic E-state index is 0.617. The summed E-state index contributed by atoms with van der Waals surface area (Å²) >= 11 is 0. The third-order valence-corrected chi connectivity index (χ3v) is 4.41.